The van der Waals surface area contributed by atoms with E-state index in [0.29, 0.717) is 21.5 Å². The van der Waals surface area contributed by atoms with E-state index in [1.807, 2.05) is 47.2 Å². The first kappa shape index (κ1) is 20.7. The lowest BCUT2D eigenvalue weighted by Gasteiger charge is -2.28. The van der Waals surface area contributed by atoms with Gasteiger partial charge in [0.25, 0.3) is 5.91 Å². The molecular formula is C23H15ClN2O4S2. The predicted molar refractivity (Wildman–Crippen MR) is 127 cm³/mol. The van der Waals surface area contributed by atoms with Crippen LogP contribution in [0.5, 0.6) is 0 Å². The topological polar surface area (TPSA) is 83.6 Å². The molecule has 4 aromatic rings. The molecule has 0 bridgehead atoms. The Labute approximate surface area is 193 Å². The second kappa shape index (κ2) is 7.74. The highest BCUT2D eigenvalue weighted by atomic mass is 35.5. The molecule has 0 saturated carbocycles. The van der Waals surface area contributed by atoms with Gasteiger partial charge in [-0.1, -0.05) is 60.1 Å². The van der Waals surface area contributed by atoms with Crippen LogP contribution < -0.4 is 9.03 Å². The van der Waals surface area contributed by atoms with Gasteiger partial charge in [-0.3, -0.25) is 9.59 Å². The summed E-state index contributed by atoms with van der Waals surface area (Å²) < 4.78 is 29.4. The summed E-state index contributed by atoms with van der Waals surface area (Å²) >= 11 is 7.53. The predicted octanol–water partition coefficient (Wildman–Crippen LogP) is 4.90. The van der Waals surface area contributed by atoms with Crippen molar-refractivity contribution in [1.29, 1.82) is 0 Å². The average Bonchev–Trinajstić information content (AvgIpc) is 3.17. The summed E-state index contributed by atoms with van der Waals surface area (Å²) in [5.74, 6) is -1.11. The Kier molecular flexibility index (Phi) is 5.00. The maximum Gasteiger partial charge on any atom is 0.326 e. The molecule has 32 heavy (non-hydrogen) atoms. The van der Waals surface area contributed by atoms with E-state index in [9.17, 15) is 18.0 Å². The van der Waals surface area contributed by atoms with E-state index in [2.05, 4.69) is 0 Å². The normalized spacial score (nSPS) is 14.8. The van der Waals surface area contributed by atoms with Crippen molar-refractivity contribution >= 4 is 60.6 Å². The molecule has 0 fully saturated rings. The molecule has 0 aliphatic carbocycles. The maximum atomic E-state index is 13.2. The van der Waals surface area contributed by atoms with Crippen molar-refractivity contribution in [2.45, 2.75) is 0 Å². The minimum atomic E-state index is -4.23. The third kappa shape index (κ3) is 3.46. The summed E-state index contributed by atoms with van der Waals surface area (Å²) in [6.45, 7) is -0.452. The van der Waals surface area contributed by atoms with Gasteiger partial charge < -0.3 is 0 Å². The van der Waals surface area contributed by atoms with E-state index in [-0.39, 0.29) is 10.6 Å². The molecule has 1 aliphatic heterocycles. The lowest BCUT2D eigenvalue weighted by molar-refractivity contribution is 0.0973. The summed E-state index contributed by atoms with van der Waals surface area (Å²) in [6.07, 6.45) is 0. The molecule has 0 atom stereocenters. The highest BCUT2D eigenvalue weighted by Gasteiger charge is 2.38. The van der Waals surface area contributed by atoms with E-state index in [4.69, 9.17) is 11.6 Å². The van der Waals surface area contributed by atoms with Gasteiger partial charge in [0.05, 0.1) is 12.2 Å². The van der Waals surface area contributed by atoms with Crippen LogP contribution in [-0.4, -0.2) is 26.7 Å². The third-order valence-electron chi connectivity index (χ3n) is 5.20. The summed E-state index contributed by atoms with van der Waals surface area (Å²) in [6, 6.07) is 21.3. The number of nitrogens with zero attached hydrogens (tertiary/aromatic N) is 1. The minimum absolute atomic E-state index is 0.236. The number of carbonyl (C=O) groups excluding carboxylic acids is 2. The van der Waals surface area contributed by atoms with Crippen molar-refractivity contribution in [2.24, 2.45) is 0 Å². The Bertz CT molecular complexity index is 1500. The van der Waals surface area contributed by atoms with Crippen LogP contribution in [0.2, 0.25) is 5.02 Å². The van der Waals surface area contributed by atoms with Gasteiger partial charge in [-0.25, -0.2) is 9.03 Å². The molecule has 2 heterocycles. The first-order valence-corrected chi connectivity index (χ1v) is 12.2. The summed E-state index contributed by atoms with van der Waals surface area (Å²) in [7, 11) is -4.23. The van der Waals surface area contributed by atoms with Crippen LogP contribution in [0.1, 0.15) is 20.0 Å². The Hall–Kier alpha value is -3.20. The fraction of sp³-hybridized carbons (Fsp3) is 0.0435. The number of halogens is 1. The zero-order chi connectivity index (χ0) is 22.5. The van der Waals surface area contributed by atoms with Crippen molar-refractivity contribution in [3.8, 4) is 11.1 Å². The summed E-state index contributed by atoms with van der Waals surface area (Å²) in [5, 5.41) is 1.09. The van der Waals surface area contributed by atoms with Gasteiger partial charge in [-0.2, -0.15) is 8.42 Å². The Morgan fingerprint density at radius 1 is 1.00 bits per heavy atom. The van der Waals surface area contributed by atoms with Gasteiger partial charge >= 0.3 is 10.2 Å². The van der Waals surface area contributed by atoms with Crippen LogP contribution >= 0.6 is 22.9 Å². The van der Waals surface area contributed by atoms with E-state index < -0.39 is 28.4 Å². The number of thiophene rings is 1. The van der Waals surface area contributed by atoms with Gasteiger partial charge in [-0.05, 0) is 29.8 Å². The molecule has 0 saturated heterocycles. The van der Waals surface area contributed by atoms with Crippen molar-refractivity contribution in [3.05, 3.63) is 88.3 Å². The second-order valence-electron chi connectivity index (χ2n) is 7.20. The second-order valence-corrected chi connectivity index (χ2v) is 10.3. The fourth-order valence-corrected chi connectivity index (χ4v) is 6.31. The quantitative estimate of drug-likeness (QED) is 0.419. The van der Waals surface area contributed by atoms with Crippen LogP contribution in [0.3, 0.4) is 0 Å². The zero-order valence-corrected chi connectivity index (χ0v) is 18.8. The number of hydrogen-bond donors (Lipinski definition) is 1. The van der Waals surface area contributed by atoms with Gasteiger partial charge in [0, 0.05) is 26.2 Å². The number of benzene rings is 3. The number of amides is 1. The van der Waals surface area contributed by atoms with Crippen LogP contribution in [0.15, 0.2) is 72.8 Å². The standard InChI is InChI=1S/C23H15ClN2O4S2/c24-18-11-10-15(12-17(18)14-6-2-1-3-7-14)19(27)13-26-21-16-8-4-5-9-20(16)31-22(21)23(28)25-32(26,29)30/h1-12H,13H2,(H,25,28). The number of ketones is 1. The first-order valence-electron chi connectivity index (χ1n) is 9.59. The van der Waals surface area contributed by atoms with Crippen LogP contribution in [0, 0.1) is 0 Å². The molecule has 0 unspecified atom stereocenters. The van der Waals surface area contributed by atoms with Crippen molar-refractivity contribution in [1.82, 2.24) is 4.72 Å². The largest absolute Gasteiger partial charge is 0.326 e. The van der Waals surface area contributed by atoms with Crippen molar-refractivity contribution < 1.29 is 18.0 Å². The Morgan fingerprint density at radius 2 is 1.72 bits per heavy atom. The lowest BCUT2D eigenvalue weighted by atomic mass is 10.0. The van der Waals surface area contributed by atoms with Crippen molar-refractivity contribution in [3.63, 3.8) is 0 Å². The van der Waals surface area contributed by atoms with Crippen LogP contribution in [0.4, 0.5) is 5.69 Å². The highest BCUT2D eigenvalue weighted by Crippen LogP contribution is 2.41. The molecular weight excluding hydrogens is 468 g/mol. The molecule has 6 nitrogen and oxygen atoms in total. The molecule has 9 heteroatoms. The summed E-state index contributed by atoms with van der Waals surface area (Å²) in [4.78, 5) is 25.9. The average molecular weight is 483 g/mol. The first-order chi connectivity index (χ1) is 15.3. The number of fused-ring (bicyclic) bond motifs is 3. The van der Waals surface area contributed by atoms with E-state index in [0.717, 1.165) is 14.6 Å². The molecule has 1 aliphatic rings. The van der Waals surface area contributed by atoms with Gasteiger partial charge in [0.1, 0.15) is 4.88 Å². The van der Waals surface area contributed by atoms with Gasteiger partial charge in [0.2, 0.25) is 0 Å². The van der Waals surface area contributed by atoms with Gasteiger partial charge in [0.15, 0.2) is 5.78 Å². The Morgan fingerprint density at radius 3 is 2.50 bits per heavy atom. The molecule has 0 radical (unpaired) electrons. The fourth-order valence-electron chi connectivity index (χ4n) is 3.70. The number of rotatable bonds is 4. The number of carbonyl (C=O) groups is 2. The monoisotopic (exact) mass is 482 g/mol. The molecule has 0 spiro atoms. The summed E-state index contributed by atoms with van der Waals surface area (Å²) in [5.41, 5.74) is 2.08. The maximum absolute atomic E-state index is 13.2. The van der Waals surface area contributed by atoms with Crippen LogP contribution in [0.25, 0.3) is 21.2 Å². The number of nitrogens with one attached hydrogen (secondary N) is 1. The molecule has 1 aromatic heterocycles. The lowest BCUT2D eigenvalue weighted by Crippen LogP contribution is -2.49. The van der Waals surface area contributed by atoms with Crippen LogP contribution in [-0.2, 0) is 10.2 Å². The smallest absolute Gasteiger partial charge is 0.292 e. The van der Waals surface area contributed by atoms with E-state index >= 15 is 0 Å². The number of hydrogen-bond acceptors (Lipinski definition) is 5. The molecule has 160 valence electrons. The molecule has 3 aromatic carbocycles. The molecule has 1 N–H and O–H groups in total. The molecule has 1 amide bonds. The van der Waals surface area contributed by atoms with Gasteiger partial charge in [-0.15, -0.1) is 11.3 Å². The third-order valence-corrected chi connectivity index (χ3v) is 8.02. The van der Waals surface area contributed by atoms with Crippen molar-refractivity contribution in [2.75, 3.05) is 10.8 Å². The molecule has 5 rings (SSSR count). The minimum Gasteiger partial charge on any atom is -0.292 e. The SMILES string of the molecule is O=C(CN1c2c(sc3ccccc23)C(=O)NS1(=O)=O)c1ccc(Cl)c(-c2ccccc2)c1. The zero-order valence-electron chi connectivity index (χ0n) is 16.4. The van der Waals surface area contributed by atoms with E-state index in [1.165, 1.54) is 11.3 Å². The highest BCUT2D eigenvalue weighted by molar-refractivity contribution is 7.91. The number of anilines is 1. The number of Topliss-reactive ketones (excluding diaryl/α,β-unsaturated/α-hetero) is 1. The van der Waals surface area contributed by atoms with E-state index in [1.54, 1.807) is 30.3 Å². The Balaban J connectivity index is 1.57.